The molecule has 0 aliphatic carbocycles. The van der Waals surface area contributed by atoms with Gasteiger partial charge in [-0.1, -0.05) is 32.0 Å². The fourth-order valence-corrected chi connectivity index (χ4v) is 5.28. The van der Waals surface area contributed by atoms with E-state index in [1.807, 2.05) is 38.1 Å². The minimum atomic E-state index is -4.03. The van der Waals surface area contributed by atoms with E-state index in [9.17, 15) is 13.2 Å². The van der Waals surface area contributed by atoms with E-state index in [0.29, 0.717) is 28.7 Å². The number of hydrogen-bond donors (Lipinski definition) is 2. The summed E-state index contributed by atoms with van der Waals surface area (Å²) in [5.41, 5.74) is 5.08. The topological polar surface area (TPSA) is 95.2 Å². The Balaban J connectivity index is 1.98. The van der Waals surface area contributed by atoms with Crippen molar-refractivity contribution in [3.8, 4) is 0 Å². The molecule has 0 fully saturated rings. The van der Waals surface area contributed by atoms with Gasteiger partial charge in [-0.3, -0.25) is 14.2 Å². The van der Waals surface area contributed by atoms with Gasteiger partial charge in [-0.2, -0.15) is 5.10 Å². The molecule has 0 bridgehead atoms. The van der Waals surface area contributed by atoms with Gasteiger partial charge in [0.05, 0.1) is 17.1 Å². The lowest BCUT2D eigenvalue weighted by Crippen LogP contribution is -2.38. The quantitative estimate of drug-likeness (QED) is 0.545. The van der Waals surface area contributed by atoms with Gasteiger partial charge in [0.25, 0.3) is 10.0 Å². The van der Waals surface area contributed by atoms with E-state index in [-0.39, 0.29) is 11.4 Å². The van der Waals surface area contributed by atoms with Crippen LogP contribution in [0.5, 0.6) is 0 Å². The second-order valence-corrected chi connectivity index (χ2v) is 10.2. The Morgan fingerprint density at radius 3 is 2.22 bits per heavy atom. The Hall–Kier alpha value is -3.13. The van der Waals surface area contributed by atoms with Crippen molar-refractivity contribution in [3.05, 3.63) is 70.5 Å². The number of aryl methyl sites for hydroxylation is 4. The van der Waals surface area contributed by atoms with E-state index in [1.165, 1.54) is 0 Å². The highest BCUT2D eigenvalue weighted by molar-refractivity contribution is 7.93. The first-order valence-electron chi connectivity index (χ1n) is 10.5. The third kappa shape index (κ3) is 4.85. The number of benzene rings is 2. The normalized spacial score (nSPS) is 11.6. The van der Waals surface area contributed by atoms with Gasteiger partial charge in [0.2, 0.25) is 5.91 Å². The number of nitrogens with one attached hydrogen (secondary N) is 2. The van der Waals surface area contributed by atoms with Crippen LogP contribution in [0.1, 0.15) is 47.8 Å². The molecule has 0 aliphatic heterocycles. The summed E-state index contributed by atoms with van der Waals surface area (Å²) in [6.07, 6.45) is 0. The summed E-state index contributed by atoms with van der Waals surface area (Å²) >= 11 is 0. The fraction of sp³-hybridized carbons (Fsp3) is 0.333. The number of H-pyrrole nitrogens is 1. The number of aromatic amines is 1. The minimum absolute atomic E-state index is 0.0874. The molecule has 2 aromatic carbocycles. The summed E-state index contributed by atoms with van der Waals surface area (Å²) in [5, 5.41) is 9.57. The number of hydrogen-bond acceptors (Lipinski definition) is 4. The fourth-order valence-electron chi connectivity index (χ4n) is 3.52. The molecule has 7 nitrogen and oxygen atoms in total. The maximum absolute atomic E-state index is 13.6. The Morgan fingerprint density at radius 2 is 1.69 bits per heavy atom. The van der Waals surface area contributed by atoms with Gasteiger partial charge in [0, 0.05) is 5.69 Å². The van der Waals surface area contributed by atoms with Crippen molar-refractivity contribution in [3.63, 3.8) is 0 Å². The number of aromatic nitrogens is 2. The van der Waals surface area contributed by atoms with E-state index in [0.717, 1.165) is 21.0 Å². The molecule has 0 spiro atoms. The summed E-state index contributed by atoms with van der Waals surface area (Å²) in [6.45, 7) is 11.0. The molecule has 8 heteroatoms. The van der Waals surface area contributed by atoms with Gasteiger partial charge in [0.1, 0.15) is 11.4 Å². The lowest BCUT2D eigenvalue weighted by Gasteiger charge is -2.24. The van der Waals surface area contributed by atoms with Crippen LogP contribution in [0.15, 0.2) is 47.4 Å². The molecule has 1 aromatic heterocycles. The maximum atomic E-state index is 13.6. The third-order valence-corrected chi connectivity index (χ3v) is 7.57. The lowest BCUT2D eigenvalue weighted by atomic mass is 10.0. The molecule has 0 unspecified atom stereocenters. The van der Waals surface area contributed by atoms with E-state index >= 15 is 0 Å². The summed E-state index contributed by atoms with van der Waals surface area (Å²) in [6, 6.07) is 12.8. The van der Waals surface area contributed by atoms with Crippen molar-refractivity contribution in [2.75, 3.05) is 16.2 Å². The third-order valence-electron chi connectivity index (χ3n) is 5.53. The molecule has 2 N–H and O–H groups in total. The van der Waals surface area contributed by atoms with Crippen LogP contribution in [0.25, 0.3) is 0 Å². The molecule has 32 heavy (non-hydrogen) atoms. The van der Waals surface area contributed by atoms with E-state index < -0.39 is 15.9 Å². The first-order valence-corrected chi connectivity index (χ1v) is 12.0. The number of anilines is 2. The van der Waals surface area contributed by atoms with Gasteiger partial charge in [-0.05, 0) is 74.6 Å². The number of sulfonamides is 1. The highest BCUT2D eigenvalue weighted by Crippen LogP contribution is 2.28. The van der Waals surface area contributed by atoms with Crippen molar-refractivity contribution in [2.45, 2.75) is 52.4 Å². The van der Waals surface area contributed by atoms with Gasteiger partial charge >= 0.3 is 0 Å². The second-order valence-electron chi connectivity index (χ2n) is 8.37. The van der Waals surface area contributed by atoms with Crippen molar-refractivity contribution in [1.82, 2.24) is 10.2 Å². The Morgan fingerprint density at radius 1 is 1.03 bits per heavy atom. The van der Waals surface area contributed by atoms with Gasteiger partial charge < -0.3 is 5.32 Å². The van der Waals surface area contributed by atoms with Gasteiger partial charge in [0.15, 0.2) is 0 Å². The average molecular weight is 455 g/mol. The molecule has 0 saturated carbocycles. The highest BCUT2D eigenvalue weighted by Gasteiger charge is 2.31. The number of carbonyl (C=O) groups excluding carboxylic acids is 1. The maximum Gasteiger partial charge on any atom is 0.268 e. The van der Waals surface area contributed by atoms with Crippen LogP contribution in [0.3, 0.4) is 0 Å². The highest BCUT2D eigenvalue weighted by atomic mass is 32.2. The number of amides is 1. The summed E-state index contributed by atoms with van der Waals surface area (Å²) < 4.78 is 28.4. The summed E-state index contributed by atoms with van der Waals surface area (Å²) in [5.74, 6) is -0.121. The van der Waals surface area contributed by atoms with Crippen LogP contribution in [0.2, 0.25) is 0 Å². The van der Waals surface area contributed by atoms with Crippen LogP contribution in [-0.4, -0.2) is 31.1 Å². The summed E-state index contributed by atoms with van der Waals surface area (Å²) in [7, 11) is -4.03. The molecule has 1 amide bonds. The van der Waals surface area contributed by atoms with Crippen LogP contribution in [-0.2, 0) is 14.8 Å². The molecule has 0 saturated heterocycles. The molecule has 170 valence electrons. The first-order chi connectivity index (χ1) is 15.0. The smallest absolute Gasteiger partial charge is 0.268 e. The van der Waals surface area contributed by atoms with Crippen molar-refractivity contribution < 1.29 is 13.2 Å². The molecular formula is C24H30N4O3S. The van der Waals surface area contributed by atoms with Gasteiger partial charge in [-0.15, -0.1) is 0 Å². The molecule has 3 rings (SSSR count). The zero-order valence-electron chi connectivity index (χ0n) is 19.4. The standard InChI is InChI=1S/C24H30N4O3S/c1-15(2)20-8-11-22(12-9-20)28(32(30,31)24-18(5)26-27-19(24)6)14-23(29)25-21-10-7-16(3)17(4)13-21/h7-13,15H,14H2,1-6H3,(H,25,29)(H,26,27). The van der Waals surface area contributed by atoms with E-state index in [2.05, 4.69) is 29.4 Å². The van der Waals surface area contributed by atoms with Crippen LogP contribution < -0.4 is 9.62 Å². The van der Waals surface area contributed by atoms with Crippen molar-refractivity contribution >= 4 is 27.3 Å². The van der Waals surface area contributed by atoms with Crippen LogP contribution >= 0.6 is 0 Å². The minimum Gasteiger partial charge on any atom is -0.325 e. The van der Waals surface area contributed by atoms with E-state index in [1.54, 1.807) is 32.0 Å². The predicted molar refractivity (Wildman–Crippen MR) is 128 cm³/mol. The van der Waals surface area contributed by atoms with E-state index in [4.69, 9.17) is 0 Å². The average Bonchev–Trinajstić information content (AvgIpc) is 3.07. The van der Waals surface area contributed by atoms with Crippen LogP contribution in [0, 0.1) is 27.7 Å². The Labute approximate surface area is 189 Å². The molecule has 0 radical (unpaired) electrons. The predicted octanol–water partition coefficient (Wildman–Crippen LogP) is 4.60. The zero-order chi connectivity index (χ0) is 23.6. The monoisotopic (exact) mass is 454 g/mol. The number of rotatable bonds is 7. The lowest BCUT2D eigenvalue weighted by molar-refractivity contribution is -0.114. The number of nitrogens with zero attached hydrogens (tertiary/aromatic N) is 2. The van der Waals surface area contributed by atoms with Crippen molar-refractivity contribution in [1.29, 1.82) is 0 Å². The van der Waals surface area contributed by atoms with Crippen molar-refractivity contribution in [2.24, 2.45) is 0 Å². The molecule has 3 aromatic rings. The molecule has 0 aliphatic rings. The first kappa shape index (κ1) is 23.5. The molecular weight excluding hydrogens is 424 g/mol. The summed E-state index contributed by atoms with van der Waals surface area (Å²) in [4.78, 5) is 13.0. The molecule has 0 atom stereocenters. The Kier molecular flexibility index (Phi) is 6.74. The Bertz CT molecular complexity index is 1210. The largest absolute Gasteiger partial charge is 0.325 e. The van der Waals surface area contributed by atoms with Crippen LogP contribution in [0.4, 0.5) is 11.4 Å². The van der Waals surface area contributed by atoms with Gasteiger partial charge in [-0.25, -0.2) is 8.42 Å². The SMILES string of the molecule is Cc1ccc(NC(=O)CN(c2ccc(C(C)C)cc2)S(=O)(=O)c2c(C)n[nH]c2C)cc1C. The number of carbonyl (C=O) groups is 1. The molecule has 1 heterocycles. The zero-order valence-corrected chi connectivity index (χ0v) is 20.2. The second kappa shape index (κ2) is 9.16.